The predicted octanol–water partition coefficient (Wildman–Crippen LogP) is 3.45. The highest BCUT2D eigenvalue weighted by molar-refractivity contribution is 5.67. The van der Waals surface area contributed by atoms with Crippen LogP contribution < -0.4 is 0 Å². The van der Waals surface area contributed by atoms with Gasteiger partial charge >= 0.3 is 5.97 Å². The highest BCUT2D eigenvalue weighted by Crippen LogP contribution is 2.62. The van der Waals surface area contributed by atoms with Crippen molar-refractivity contribution in [1.29, 1.82) is 0 Å². The van der Waals surface area contributed by atoms with E-state index >= 15 is 0 Å². The van der Waals surface area contributed by atoms with Crippen molar-refractivity contribution in [2.45, 2.75) is 71.8 Å². The van der Waals surface area contributed by atoms with E-state index in [-0.39, 0.29) is 23.2 Å². The van der Waals surface area contributed by atoms with Gasteiger partial charge in [0.05, 0.1) is 12.0 Å². The number of fused-ring (bicyclic) bond motifs is 1. The zero-order chi connectivity index (χ0) is 14.5. The van der Waals surface area contributed by atoms with Crippen LogP contribution in [-0.2, 0) is 4.79 Å². The third kappa shape index (κ3) is 2.42. The molecular weight excluding hydrogens is 240 g/mol. The van der Waals surface area contributed by atoms with Crippen LogP contribution in [0.5, 0.6) is 0 Å². The van der Waals surface area contributed by atoms with Gasteiger partial charge in [-0.25, -0.2) is 0 Å². The molecule has 2 fully saturated rings. The van der Waals surface area contributed by atoms with E-state index < -0.39 is 11.6 Å². The Morgan fingerprint density at radius 3 is 2.37 bits per heavy atom. The summed E-state index contributed by atoms with van der Waals surface area (Å²) in [6.07, 6.45) is 5.26. The van der Waals surface area contributed by atoms with Gasteiger partial charge in [0.15, 0.2) is 0 Å². The van der Waals surface area contributed by atoms with E-state index in [2.05, 4.69) is 20.8 Å². The molecular formula is C16H28O3. The summed E-state index contributed by atoms with van der Waals surface area (Å²) in [5.74, 6) is -0.385. The molecule has 0 aromatic heterocycles. The Balaban J connectivity index is 2.38. The van der Waals surface area contributed by atoms with E-state index in [1.807, 2.05) is 6.92 Å². The van der Waals surface area contributed by atoms with Crippen LogP contribution in [0.1, 0.15) is 66.2 Å². The largest absolute Gasteiger partial charge is 0.481 e. The molecule has 2 aliphatic carbocycles. The highest BCUT2D eigenvalue weighted by atomic mass is 16.4. The molecule has 110 valence electrons. The molecule has 0 aliphatic heterocycles. The molecule has 0 aromatic carbocycles. The second kappa shape index (κ2) is 4.47. The Labute approximate surface area is 116 Å². The van der Waals surface area contributed by atoms with Crippen molar-refractivity contribution in [3.8, 4) is 0 Å². The summed E-state index contributed by atoms with van der Waals surface area (Å²) in [7, 11) is 0. The molecule has 0 bridgehead atoms. The molecule has 0 heterocycles. The van der Waals surface area contributed by atoms with Crippen LogP contribution in [0.4, 0.5) is 0 Å². The Bertz CT molecular complexity index is 372. The van der Waals surface area contributed by atoms with Gasteiger partial charge in [-0.15, -0.1) is 0 Å². The van der Waals surface area contributed by atoms with Gasteiger partial charge in [-0.1, -0.05) is 27.2 Å². The molecule has 3 heteroatoms. The minimum Gasteiger partial charge on any atom is -0.481 e. The first kappa shape index (κ1) is 14.8. The van der Waals surface area contributed by atoms with Crippen molar-refractivity contribution in [3.63, 3.8) is 0 Å². The summed E-state index contributed by atoms with van der Waals surface area (Å²) >= 11 is 0. The predicted molar refractivity (Wildman–Crippen MR) is 74.8 cm³/mol. The van der Waals surface area contributed by atoms with E-state index in [1.165, 1.54) is 6.42 Å². The molecule has 1 unspecified atom stereocenters. The molecule has 2 aliphatic rings. The van der Waals surface area contributed by atoms with Crippen LogP contribution in [0.25, 0.3) is 0 Å². The minimum absolute atomic E-state index is 0.0398. The molecule has 2 saturated carbocycles. The molecule has 0 amide bonds. The van der Waals surface area contributed by atoms with Crippen LogP contribution in [0, 0.1) is 22.7 Å². The van der Waals surface area contributed by atoms with Crippen molar-refractivity contribution in [1.82, 2.24) is 0 Å². The lowest BCUT2D eigenvalue weighted by atomic mass is 9.45. The first-order valence-electron chi connectivity index (χ1n) is 7.54. The molecule has 0 saturated heterocycles. The van der Waals surface area contributed by atoms with Crippen LogP contribution in [0.2, 0.25) is 0 Å². The lowest BCUT2D eigenvalue weighted by molar-refractivity contribution is -0.178. The van der Waals surface area contributed by atoms with Gasteiger partial charge in [0.25, 0.3) is 0 Å². The second-order valence-corrected chi connectivity index (χ2v) is 7.95. The number of carboxylic acid groups (broad SMARTS) is 1. The number of carbonyl (C=O) groups is 1. The zero-order valence-corrected chi connectivity index (χ0v) is 12.7. The number of aliphatic hydroxyl groups is 1. The molecule has 0 spiro atoms. The van der Waals surface area contributed by atoms with Gasteiger partial charge in [-0.2, -0.15) is 0 Å². The normalized spacial score (nSPS) is 45.5. The van der Waals surface area contributed by atoms with Gasteiger partial charge in [0, 0.05) is 5.92 Å². The van der Waals surface area contributed by atoms with Crippen molar-refractivity contribution in [2.75, 3.05) is 0 Å². The number of hydrogen-bond donors (Lipinski definition) is 2. The van der Waals surface area contributed by atoms with Gasteiger partial charge < -0.3 is 10.2 Å². The first-order valence-corrected chi connectivity index (χ1v) is 7.54. The molecule has 2 rings (SSSR count). The lowest BCUT2D eigenvalue weighted by Gasteiger charge is -2.61. The molecule has 4 atom stereocenters. The van der Waals surface area contributed by atoms with Gasteiger partial charge in [-0.3, -0.25) is 4.79 Å². The topological polar surface area (TPSA) is 57.5 Å². The summed E-state index contributed by atoms with van der Waals surface area (Å²) in [4.78, 5) is 11.2. The fourth-order valence-electron chi connectivity index (χ4n) is 5.25. The molecule has 2 N–H and O–H groups in total. The number of carboxylic acids is 1. The SMILES string of the molecule is CC1(C)CCC[C@]2(C)C1CC[C@](C)(O)[C@H]2CC(=O)O. The van der Waals surface area contributed by atoms with Crippen LogP contribution >= 0.6 is 0 Å². The highest BCUT2D eigenvalue weighted by Gasteiger charge is 2.58. The zero-order valence-electron chi connectivity index (χ0n) is 12.7. The molecule has 19 heavy (non-hydrogen) atoms. The third-order valence-corrected chi connectivity index (χ3v) is 6.14. The van der Waals surface area contributed by atoms with E-state index in [0.29, 0.717) is 5.92 Å². The quantitative estimate of drug-likeness (QED) is 0.806. The fourth-order valence-corrected chi connectivity index (χ4v) is 5.25. The monoisotopic (exact) mass is 268 g/mol. The molecule has 0 radical (unpaired) electrons. The van der Waals surface area contributed by atoms with Crippen LogP contribution in [0.3, 0.4) is 0 Å². The average Bonchev–Trinajstić information content (AvgIpc) is 2.22. The number of aliphatic carboxylic acids is 1. The molecule has 3 nitrogen and oxygen atoms in total. The number of rotatable bonds is 2. The number of hydrogen-bond acceptors (Lipinski definition) is 2. The van der Waals surface area contributed by atoms with Gasteiger partial charge in [-0.05, 0) is 49.4 Å². The van der Waals surface area contributed by atoms with Crippen molar-refractivity contribution >= 4 is 5.97 Å². The summed E-state index contributed by atoms with van der Waals surface area (Å²) in [5.41, 5.74) is -0.612. The van der Waals surface area contributed by atoms with E-state index in [9.17, 15) is 15.0 Å². The third-order valence-electron chi connectivity index (χ3n) is 6.14. The van der Waals surface area contributed by atoms with Crippen molar-refractivity contribution < 1.29 is 15.0 Å². The van der Waals surface area contributed by atoms with Gasteiger partial charge in [0.1, 0.15) is 0 Å². The Kier molecular flexibility index (Phi) is 3.49. The second-order valence-electron chi connectivity index (χ2n) is 7.95. The maximum absolute atomic E-state index is 11.2. The maximum Gasteiger partial charge on any atom is 0.303 e. The fraction of sp³-hybridized carbons (Fsp3) is 0.938. The Hall–Kier alpha value is -0.570. The van der Waals surface area contributed by atoms with E-state index in [0.717, 1.165) is 25.7 Å². The lowest BCUT2D eigenvalue weighted by Crippen LogP contribution is -2.58. The summed E-state index contributed by atoms with van der Waals surface area (Å²) in [6.45, 7) is 8.68. The standard InChI is InChI=1S/C16H28O3/c1-14(2)7-5-8-15(3)11(14)6-9-16(4,19)12(15)10-13(17)18/h11-12,19H,5-10H2,1-4H3,(H,17,18)/t11?,12-,15+,16-/m0/s1. The smallest absolute Gasteiger partial charge is 0.303 e. The summed E-state index contributed by atoms with van der Waals surface area (Å²) in [6, 6.07) is 0. The van der Waals surface area contributed by atoms with E-state index in [1.54, 1.807) is 0 Å². The molecule has 0 aromatic rings. The van der Waals surface area contributed by atoms with Crippen molar-refractivity contribution in [2.24, 2.45) is 22.7 Å². The Morgan fingerprint density at radius 1 is 1.16 bits per heavy atom. The van der Waals surface area contributed by atoms with Gasteiger partial charge in [0.2, 0.25) is 0 Å². The average molecular weight is 268 g/mol. The summed E-state index contributed by atoms with van der Waals surface area (Å²) in [5, 5.41) is 19.9. The minimum atomic E-state index is -0.836. The van der Waals surface area contributed by atoms with Crippen LogP contribution in [-0.4, -0.2) is 21.8 Å². The van der Waals surface area contributed by atoms with Crippen molar-refractivity contribution in [3.05, 3.63) is 0 Å². The van der Waals surface area contributed by atoms with E-state index in [4.69, 9.17) is 0 Å². The maximum atomic E-state index is 11.2. The van der Waals surface area contributed by atoms with Crippen LogP contribution in [0.15, 0.2) is 0 Å². The summed E-state index contributed by atoms with van der Waals surface area (Å²) < 4.78 is 0. The Morgan fingerprint density at radius 2 is 1.79 bits per heavy atom. The first-order chi connectivity index (χ1) is 8.59.